The highest BCUT2D eigenvalue weighted by atomic mass is 19.1. The third-order valence-corrected chi connectivity index (χ3v) is 5.73. The van der Waals surface area contributed by atoms with Crippen LogP contribution in [0.1, 0.15) is 69.8 Å². The van der Waals surface area contributed by atoms with Crippen LogP contribution in [-0.2, 0) is 0 Å². The second-order valence-corrected chi connectivity index (χ2v) is 7.50. The minimum atomic E-state index is -0.567. The van der Waals surface area contributed by atoms with Gasteiger partial charge < -0.3 is 5.11 Å². The molecule has 134 valence electrons. The van der Waals surface area contributed by atoms with Crippen LogP contribution in [0.2, 0.25) is 0 Å². The predicted octanol–water partition coefficient (Wildman–Crippen LogP) is 7.05. The largest absolute Gasteiger partial charge is 0.505 e. The van der Waals surface area contributed by atoms with Crippen LogP contribution in [-0.4, -0.2) is 5.11 Å². The lowest BCUT2D eigenvalue weighted by Crippen LogP contribution is -2.13. The maximum atomic E-state index is 13.5. The van der Waals surface area contributed by atoms with E-state index in [9.17, 15) is 9.50 Å². The number of halogens is 1. The molecule has 2 aromatic carbocycles. The summed E-state index contributed by atoms with van der Waals surface area (Å²) in [6.45, 7) is 2.27. The summed E-state index contributed by atoms with van der Waals surface area (Å²) in [5.74, 6) is 0.745. The van der Waals surface area contributed by atoms with Gasteiger partial charge in [-0.1, -0.05) is 62.9 Å². The highest BCUT2D eigenvalue weighted by molar-refractivity contribution is 5.64. The Morgan fingerprint density at radius 2 is 1.60 bits per heavy atom. The predicted molar refractivity (Wildman–Crippen MR) is 102 cm³/mol. The van der Waals surface area contributed by atoms with Crippen LogP contribution in [0, 0.1) is 11.7 Å². The lowest BCUT2D eigenvalue weighted by Gasteiger charge is -2.29. The molecule has 1 N–H and O–H groups in total. The van der Waals surface area contributed by atoms with E-state index in [0.29, 0.717) is 5.92 Å². The summed E-state index contributed by atoms with van der Waals surface area (Å²) in [6, 6.07) is 13.1. The molecule has 0 aliphatic heterocycles. The fourth-order valence-corrected chi connectivity index (χ4v) is 4.10. The van der Waals surface area contributed by atoms with Crippen molar-refractivity contribution < 1.29 is 9.50 Å². The minimum absolute atomic E-state index is 0.295. The lowest BCUT2D eigenvalue weighted by molar-refractivity contribution is 0.303. The number of rotatable bonds is 6. The molecule has 0 heterocycles. The van der Waals surface area contributed by atoms with Gasteiger partial charge in [0.05, 0.1) is 0 Å². The Hall–Kier alpha value is -1.83. The average Bonchev–Trinajstić information content (AvgIpc) is 2.65. The van der Waals surface area contributed by atoms with Gasteiger partial charge in [-0.25, -0.2) is 4.39 Å². The first-order valence-corrected chi connectivity index (χ1v) is 9.76. The van der Waals surface area contributed by atoms with E-state index in [1.807, 2.05) is 0 Å². The Morgan fingerprint density at radius 1 is 0.920 bits per heavy atom. The molecule has 1 nitrogen and oxygen atoms in total. The van der Waals surface area contributed by atoms with Gasteiger partial charge in [0.1, 0.15) is 0 Å². The molecule has 1 aliphatic carbocycles. The van der Waals surface area contributed by atoms with Crippen LogP contribution in [0.15, 0.2) is 42.5 Å². The van der Waals surface area contributed by atoms with Gasteiger partial charge in [-0.3, -0.25) is 0 Å². The molecule has 25 heavy (non-hydrogen) atoms. The van der Waals surface area contributed by atoms with E-state index < -0.39 is 5.82 Å². The van der Waals surface area contributed by atoms with Crippen molar-refractivity contribution in [2.24, 2.45) is 5.92 Å². The molecule has 0 amide bonds. The van der Waals surface area contributed by atoms with Gasteiger partial charge in [0.15, 0.2) is 11.6 Å². The molecule has 1 aliphatic rings. The number of phenols is 1. The lowest BCUT2D eigenvalue weighted by atomic mass is 9.77. The van der Waals surface area contributed by atoms with Crippen LogP contribution in [0.4, 0.5) is 4.39 Å². The maximum absolute atomic E-state index is 13.5. The van der Waals surface area contributed by atoms with E-state index in [0.717, 1.165) is 17.0 Å². The Labute approximate surface area is 150 Å². The van der Waals surface area contributed by atoms with Crippen molar-refractivity contribution in [1.82, 2.24) is 0 Å². The van der Waals surface area contributed by atoms with Crippen LogP contribution in [0.3, 0.4) is 0 Å². The van der Waals surface area contributed by atoms with Gasteiger partial charge in [0.25, 0.3) is 0 Å². The molecular weight excluding hydrogens is 311 g/mol. The number of aromatic hydroxyl groups is 1. The van der Waals surface area contributed by atoms with Gasteiger partial charge in [-0.05, 0) is 66.3 Å². The summed E-state index contributed by atoms with van der Waals surface area (Å²) in [5, 5.41) is 9.32. The Kier molecular flexibility index (Phi) is 6.12. The van der Waals surface area contributed by atoms with E-state index in [2.05, 4.69) is 31.2 Å². The second kappa shape index (κ2) is 8.51. The van der Waals surface area contributed by atoms with Crippen molar-refractivity contribution in [2.45, 2.75) is 64.2 Å². The number of unbranched alkanes of at least 4 members (excludes halogenated alkanes) is 2. The first-order valence-electron chi connectivity index (χ1n) is 9.76. The van der Waals surface area contributed by atoms with Crippen molar-refractivity contribution >= 4 is 0 Å². The summed E-state index contributed by atoms with van der Waals surface area (Å²) in [4.78, 5) is 0. The van der Waals surface area contributed by atoms with E-state index >= 15 is 0 Å². The van der Waals surface area contributed by atoms with Gasteiger partial charge >= 0.3 is 0 Å². The van der Waals surface area contributed by atoms with Crippen molar-refractivity contribution in [2.75, 3.05) is 0 Å². The number of hydrogen-bond acceptors (Lipinski definition) is 1. The first kappa shape index (κ1) is 18.0. The Bertz CT molecular complexity index is 669. The molecule has 0 spiro atoms. The van der Waals surface area contributed by atoms with Crippen molar-refractivity contribution in [3.63, 3.8) is 0 Å². The minimum Gasteiger partial charge on any atom is -0.505 e. The average molecular weight is 340 g/mol. The molecular formula is C23H29FO. The highest BCUT2D eigenvalue weighted by Crippen LogP contribution is 2.38. The number of phenolic OH excluding ortho intramolecular Hbond substituents is 1. The highest BCUT2D eigenvalue weighted by Gasteiger charge is 2.22. The van der Waals surface area contributed by atoms with Gasteiger partial charge in [-0.15, -0.1) is 0 Å². The molecule has 1 saturated carbocycles. The van der Waals surface area contributed by atoms with E-state index in [1.165, 1.54) is 69.1 Å². The zero-order chi connectivity index (χ0) is 17.6. The summed E-state index contributed by atoms with van der Waals surface area (Å²) in [7, 11) is 0. The SMILES string of the molecule is CCCCCC1CCC(c2ccc(-c3ccc(O)c(F)c3)cc2)CC1. The Balaban J connectivity index is 1.59. The summed E-state index contributed by atoms with van der Waals surface area (Å²) in [5.41, 5.74) is 3.22. The summed E-state index contributed by atoms with van der Waals surface area (Å²) in [6.07, 6.45) is 10.8. The summed E-state index contributed by atoms with van der Waals surface area (Å²) < 4.78 is 13.5. The van der Waals surface area contributed by atoms with E-state index in [-0.39, 0.29) is 5.75 Å². The van der Waals surface area contributed by atoms with E-state index in [4.69, 9.17) is 0 Å². The fraction of sp³-hybridized carbons (Fsp3) is 0.478. The molecule has 0 unspecified atom stereocenters. The first-order chi connectivity index (χ1) is 12.2. The fourth-order valence-electron chi connectivity index (χ4n) is 4.10. The Morgan fingerprint density at radius 3 is 2.24 bits per heavy atom. The normalized spacial score (nSPS) is 20.6. The van der Waals surface area contributed by atoms with Crippen molar-refractivity contribution in [3.05, 3.63) is 53.8 Å². The third kappa shape index (κ3) is 4.62. The molecule has 0 saturated heterocycles. The molecule has 0 bridgehead atoms. The molecule has 2 aromatic rings. The molecule has 0 atom stereocenters. The molecule has 0 aromatic heterocycles. The number of benzene rings is 2. The van der Waals surface area contributed by atoms with Gasteiger partial charge in [-0.2, -0.15) is 0 Å². The van der Waals surface area contributed by atoms with E-state index in [1.54, 1.807) is 6.07 Å². The summed E-state index contributed by atoms with van der Waals surface area (Å²) >= 11 is 0. The quantitative estimate of drug-likeness (QED) is 0.558. The smallest absolute Gasteiger partial charge is 0.165 e. The van der Waals surface area contributed by atoms with Gasteiger partial charge in [0, 0.05) is 0 Å². The standard InChI is InChI=1S/C23H29FO/c1-2-3-4-5-17-6-8-18(9-7-17)19-10-12-20(13-11-19)21-14-15-23(25)22(24)16-21/h10-18,25H,2-9H2,1H3. The zero-order valence-corrected chi connectivity index (χ0v) is 15.2. The molecule has 0 radical (unpaired) electrons. The van der Waals surface area contributed by atoms with Crippen LogP contribution in [0.25, 0.3) is 11.1 Å². The number of hydrogen-bond donors (Lipinski definition) is 1. The van der Waals surface area contributed by atoms with Crippen molar-refractivity contribution in [3.8, 4) is 16.9 Å². The molecule has 2 heteroatoms. The molecule has 1 fully saturated rings. The van der Waals surface area contributed by atoms with Crippen molar-refractivity contribution in [1.29, 1.82) is 0 Å². The zero-order valence-electron chi connectivity index (χ0n) is 15.2. The molecule has 3 rings (SSSR count). The topological polar surface area (TPSA) is 20.2 Å². The van der Waals surface area contributed by atoms with Crippen LogP contribution >= 0.6 is 0 Å². The van der Waals surface area contributed by atoms with Crippen LogP contribution < -0.4 is 0 Å². The monoisotopic (exact) mass is 340 g/mol. The van der Waals surface area contributed by atoms with Gasteiger partial charge in [0.2, 0.25) is 0 Å². The van der Waals surface area contributed by atoms with Crippen LogP contribution in [0.5, 0.6) is 5.75 Å². The third-order valence-electron chi connectivity index (χ3n) is 5.73. The second-order valence-electron chi connectivity index (χ2n) is 7.50. The maximum Gasteiger partial charge on any atom is 0.165 e.